The zero-order valence-electron chi connectivity index (χ0n) is 56.5. The normalized spacial score (nSPS) is 12.1. The minimum Gasteiger partial charge on any atom is -0.462 e. The van der Waals surface area contributed by atoms with Gasteiger partial charge in [0.15, 0.2) is 6.10 Å². The number of allylic oxidation sites excluding steroid dienone is 4. The summed E-state index contributed by atoms with van der Waals surface area (Å²) in [4.78, 5) is 38.5. The standard InChI is InChI=1S/C77H146O6/c1-4-7-10-13-16-19-22-25-28-30-32-34-35-36-37-38-39-40-41-42-43-44-46-47-49-52-55-58-61-64-67-70-76(79)82-73-74(72-81-75(78)69-66-63-60-57-54-51-27-24-21-18-15-12-9-6-3)83-77(80)71-68-65-62-59-56-53-50-48-45-33-31-29-26-23-20-17-14-11-8-5-2/h22,25,30,32,74H,4-21,23-24,26-29,31,33-73H2,1-3H3/b25-22-,32-30-. The van der Waals surface area contributed by atoms with Gasteiger partial charge in [-0.3, -0.25) is 14.4 Å². The van der Waals surface area contributed by atoms with E-state index >= 15 is 0 Å². The highest BCUT2D eigenvalue weighted by Gasteiger charge is 2.20. The molecule has 0 fully saturated rings. The lowest BCUT2D eigenvalue weighted by atomic mass is 10.0. The van der Waals surface area contributed by atoms with Crippen molar-refractivity contribution in [1.29, 1.82) is 0 Å². The van der Waals surface area contributed by atoms with E-state index in [4.69, 9.17) is 14.2 Å². The van der Waals surface area contributed by atoms with Crippen molar-refractivity contribution in [2.75, 3.05) is 13.2 Å². The Morgan fingerprint density at radius 3 is 0.663 bits per heavy atom. The molecule has 490 valence electrons. The molecule has 0 amide bonds. The van der Waals surface area contributed by atoms with Crippen LogP contribution < -0.4 is 0 Å². The Bertz CT molecular complexity index is 1340. The van der Waals surface area contributed by atoms with E-state index in [-0.39, 0.29) is 31.1 Å². The highest BCUT2D eigenvalue weighted by Crippen LogP contribution is 2.19. The Labute approximate surface area is 519 Å². The average Bonchev–Trinajstić information content (AvgIpc) is 3.49. The van der Waals surface area contributed by atoms with Crippen molar-refractivity contribution in [2.24, 2.45) is 0 Å². The van der Waals surface area contributed by atoms with E-state index in [1.165, 1.54) is 327 Å². The van der Waals surface area contributed by atoms with Crippen LogP contribution in [0.15, 0.2) is 24.3 Å². The van der Waals surface area contributed by atoms with Gasteiger partial charge in [-0.05, 0) is 51.4 Å². The highest BCUT2D eigenvalue weighted by molar-refractivity contribution is 5.71. The average molecular weight is 1170 g/mol. The molecule has 6 heteroatoms. The van der Waals surface area contributed by atoms with Gasteiger partial charge in [-0.2, -0.15) is 0 Å². The molecule has 0 radical (unpaired) electrons. The van der Waals surface area contributed by atoms with Crippen molar-refractivity contribution >= 4 is 17.9 Å². The Morgan fingerprint density at radius 2 is 0.434 bits per heavy atom. The van der Waals surface area contributed by atoms with E-state index in [0.717, 1.165) is 64.2 Å². The van der Waals surface area contributed by atoms with Gasteiger partial charge in [0.25, 0.3) is 0 Å². The minimum absolute atomic E-state index is 0.0626. The van der Waals surface area contributed by atoms with Gasteiger partial charge < -0.3 is 14.2 Å². The van der Waals surface area contributed by atoms with Crippen LogP contribution in [0.4, 0.5) is 0 Å². The Morgan fingerprint density at radius 1 is 0.241 bits per heavy atom. The van der Waals surface area contributed by atoms with Gasteiger partial charge in [0.2, 0.25) is 0 Å². The predicted octanol–water partition coefficient (Wildman–Crippen LogP) is 26.1. The molecule has 0 aliphatic heterocycles. The summed E-state index contributed by atoms with van der Waals surface area (Å²) in [6.07, 6.45) is 89.4. The second kappa shape index (κ2) is 72.4. The van der Waals surface area contributed by atoms with E-state index in [0.29, 0.717) is 19.3 Å². The smallest absolute Gasteiger partial charge is 0.306 e. The first kappa shape index (κ1) is 80.9. The molecule has 0 bridgehead atoms. The lowest BCUT2D eigenvalue weighted by Crippen LogP contribution is -2.30. The monoisotopic (exact) mass is 1170 g/mol. The van der Waals surface area contributed by atoms with Gasteiger partial charge >= 0.3 is 17.9 Å². The lowest BCUT2D eigenvalue weighted by molar-refractivity contribution is -0.167. The van der Waals surface area contributed by atoms with Crippen LogP contribution in [0.25, 0.3) is 0 Å². The van der Waals surface area contributed by atoms with Crippen LogP contribution in [0.2, 0.25) is 0 Å². The molecule has 1 atom stereocenters. The van der Waals surface area contributed by atoms with Gasteiger partial charge in [0.1, 0.15) is 13.2 Å². The van der Waals surface area contributed by atoms with Gasteiger partial charge in [-0.15, -0.1) is 0 Å². The molecule has 1 unspecified atom stereocenters. The summed E-state index contributed by atoms with van der Waals surface area (Å²) in [5, 5.41) is 0. The molecule has 0 saturated carbocycles. The molecule has 0 heterocycles. The number of carbonyl (C=O) groups is 3. The molecular weight excluding hydrogens is 1020 g/mol. The molecule has 0 saturated heterocycles. The van der Waals surface area contributed by atoms with Gasteiger partial charge in [0.05, 0.1) is 0 Å². The van der Waals surface area contributed by atoms with Crippen molar-refractivity contribution in [2.45, 2.75) is 438 Å². The van der Waals surface area contributed by atoms with Crippen LogP contribution in [0.5, 0.6) is 0 Å². The summed E-state index contributed by atoms with van der Waals surface area (Å²) >= 11 is 0. The molecule has 0 aliphatic carbocycles. The summed E-state index contributed by atoms with van der Waals surface area (Å²) in [7, 11) is 0. The van der Waals surface area contributed by atoms with Crippen molar-refractivity contribution in [1.82, 2.24) is 0 Å². The van der Waals surface area contributed by atoms with Crippen LogP contribution in [0.3, 0.4) is 0 Å². The van der Waals surface area contributed by atoms with Crippen LogP contribution in [-0.2, 0) is 28.6 Å². The third-order valence-electron chi connectivity index (χ3n) is 17.5. The van der Waals surface area contributed by atoms with Gasteiger partial charge in [-0.1, -0.05) is 385 Å². The topological polar surface area (TPSA) is 78.9 Å². The number of unbranched alkanes of at least 4 members (excludes halogenated alkanes) is 56. The molecular formula is C77H146O6. The Kier molecular flexibility index (Phi) is 70.5. The molecule has 0 rings (SSSR count). The van der Waals surface area contributed by atoms with E-state index < -0.39 is 6.10 Å². The van der Waals surface area contributed by atoms with Crippen LogP contribution in [-0.4, -0.2) is 37.2 Å². The quantitative estimate of drug-likeness (QED) is 0.0261. The van der Waals surface area contributed by atoms with Gasteiger partial charge in [0, 0.05) is 19.3 Å². The van der Waals surface area contributed by atoms with E-state index in [2.05, 4.69) is 45.1 Å². The fourth-order valence-electron chi connectivity index (χ4n) is 11.8. The zero-order valence-corrected chi connectivity index (χ0v) is 56.5. The van der Waals surface area contributed by atoms with Crippen LogP contribution in [0, 0.1) is 0 Å². The summed E-state index contributed by atoms with van der Waals surface area (Å²) in [6, 6.07) is 0. The van der Waals surface area contributed by atoms with Crippen molar-refractivity contribution in [3.8, 4) is 0 Å². The molecule has 0 N–H and O–H groups in total. The fraction of sp³-hybridized carbons (Fsp3) is 0.909. The number of hydrogen-bond acceptors (Lipinski definition) is 6. The molecule has 0 aromatic rings. The third-order valence-corrected chi connectivity index (χ3v) is 17.5. The Hall–Kier alpha value is -2.11. The minimum atomic E-state index is -0.766. The number of esters is 3. The first-order valence-corrected chi connectivity index (χ1v) is 37.8. The van der Waals surface area contributed by atoms with Crippen molar-refractivity contribution in [3.63, 3.8) is 0 Å². The summed E-state index contributed by atoms with van der Waals surface area (Å²) in [5.41, 5.74) is 0. The number of ether oxygens (including phenoxy) is 3. The highest BCUT2D eigenvalue weighted by atomic mass is 16.6. The fourth-order valence-corrected chi connectivity index (χ4v) is 11.8. The summed E-state index contributed by atoms with van der Waals surface area (Å²) in [5.74, 6) is -0.824. The second-order valence-corrected chi connectivity index (χ2v) is 25.9. The first-order chi connectivity index (χ1) is 41.0. The third kappa shape index (κ3) is 70.5. The second-order valence-electron chi connectivity index (χ2n) is 25.9. The lowest BCUT2D eigenvalue weighted by Gasteiger charge is -2.18. The maximum absolute atomic E-state index is 13.0. The van der Waals surface area contributed by atoms with Crippen LogP contribution >= 0.6 is 0 Å². The predicted molar refractivity (Wildman–Crippen MR) is 363 cm³/mol. The SMILES string of the molecule is CCCCCCC/C=C\C/C=C\CCCCCCCCCCCCCCCCCCCCCC(=O)OCC(COC(=O)CCCCCCCCCCCCCCCC)OC(=O)CCCCCCCCCCCCCCCCCCCCCC. The number of carbonyl (C=O) groups excluding carboxylic acids is 3. The summed E-state index contributed by atoms with van der Waals surface area (Å²) < 4.78 is 17.0. The summed E-state index contributed by atoms with van der Waals surface area (Å²) in [6.45, 7) is 6.72. The Balaban J connectivity index is 4.15. The molecule has 0 spiro atoms. The van der Waals surface area contributed by atoms with E-state index in [1.807, 2.05) is 0 Å². The largest absolute Gasteiger partial charge is 0.462 e. The molecule has 0 aliphatic rings. The number of rotatable bonds is 71. The molecule has 0 aromatic heterocycles. The maximum atomic E-state index is 13.0. The van der Waals surface area contributed by atoms with Gasteiger partial charge in [-0.25, -0.2) is 0 Å². The molecule has 6 nitrogen and oxygen atoms in total. The van der Waals surface area contributed by atoms with Crippen LogP contribution in [0.1, 0.15) is 432 Å². The molecule has 0 aromatic carbocycles. The number of hydrogen-bond donors (Lipinski definition) is 0. The van der Waals surface area contributed by atoms with Crippen molar-refractivity contribution in [3.05, 3.63) is 24.3 Å². The van der Waals surface area contributed by atoms with E-state index in [1.54, 1.807) is 0 Å². The first-order valence-electron chi connectivity index (χ1n) is 37.8. The molecule has 83 heavy (non-hydrogen) atoms. The van der Waals surface area contributed by atoms with E-state index in [9.17, 15) is 14.4 Å². The maximum Gasteiger partial charge on any atom is 0.306 e. The zero-order chi connectivity index (χ0) is 59.9. The van der Waals surface area contributed by atoms with Crippen molar-refractivity contribution < 1.29 is 28.6 Å².